The maximum atomic E-state index is 11.5. The van der Waals surface area contributed by atoms with Gasteiger partial charge >= 0.3 is 5.97 Å². The Balaban J connectivity index is 2.90. The summed E-state index contributed by atoms with van der Waals surface area (Å²) < 4.78 is 6.66. The van der Waals surface area contributed by atoms with Gasteiger partial charge in [0.2, 0.25) is 0 Å². The van der Waals surface area contributed by atoms with Crippen molar-refractivity contribution in [3.8, 4) is 0 Å². The van der Waals surface area contributed by atoms with E-state index in [4.69, 9.17) is 4.74 Å². The summed E-state index contributed by atoms with van der Waals surface area (Å²) in [6.45, 7) is 4.91. The van der Waals surface area contributed by atoms with E-state index >= 15 is 0 Å². The number of esters is 1. The molecule has 0 aliphatic carbocycles. The molecule has 0 bridgehead atoms. The van der Waals surface area contributed by atoms with Crippen LogP contribution in [0.2, 0.25) is 0 Å². The third-order valence-electron chi connectivity index (χ3n) is 2.44. The summed E-state index contributed by atoms with van der Waals surface area (Å²) in [6.07, 6.45) is 3.48. The monoisotopic (exact) mass is 210 g/mol. The van der Waals surface area contributed by atoms with Gasteiger partial charge in [-0.15, -0.1) is 0 Å². The molecular weight excluding hydrogens is 192 g/mol. The highest BCUT2D eigenvalue weighted by molar-refractivity contribution is 5.77. The van der Waals surface area contributed by atoms with Crippen molar-refractivity contribution in [2.45, 2.75) is 39.2 Å². The maximum absolute atomic E-state index is 11.5. The first kappa shape index (κ1) is 11.8. The number of ether oxygens (including phenoxy) is 1. The number of methoxy groups -OCH3 is 1. The zero-order valence-corrected chi connectivity index (χ0v) is 9.56. The lowest BCUT2D eigenvalue weighted by Crippen LogP contribution is -2.18. The van der Waals surface area contributed by atoms with Gasteiger partial charge in [0.05, 0.1) is 18.7 Å². The van der Waals surface area contributed by atoms with Gasteiger partial charge in [0.15, 0.2) is 0 Å². The lowest BCUT2D eigenvalue weighted by Gasteiger charge is -2.14. The molecule has 1 heterocycles. The summed E-state index contributed by atoms with van der Waals surface area (Å²) in [7, 11) is 1.42. The minimum absolute atomic E-state index is 0.185. The van der Waals surface area contributed by atoms with Gasteiger partial charge < -0.3 is 4.74 Å². The van der Waals surface area contributed by atoms with Crippen LogP contribution in [0.15, 0.2) is 12.3 Å². The first-order valence-corrected chi connectivity index (χ1v) is 5.34. The molecule has 4 nitrogen and oxygen atoms in total. The van der Waals surface area contributed by atoms with E-state index in [1.807, 2.05) is 17.7 Å². The molecule has 15 heavy (non-hydrogen) atoms. The van der Waals surface area contributed by atoms with Crippen molar-refractivity contribution in [1.82, 2.24) is 9.78 Å². The SMILES string of the molecule is CCCn1nccc1C(CC)C(=O)OC. The van der Waals surface area contributed by atoms with E-state index in [2.05, 4.69) is 12.0 Å². The Morgan fingerprint density at radius 2 is 2.33 bits per heavy atom. The Morgan fingerprint density at radius 1 is 1.60 bits per heavy atom. The number of nitrogens with zero attached hydrogens (tertiary/aromatic N) is 2. The van der Waals surface area contributed by atoms with Gasteiger partial charge in [-0.2, -0.15) is 5.10 Å². The van der Waals surface area contributed by atoms with Gasteiger partial charge in [0.1, 0.15) is 0 Å². The van der Waals surface area contributed by atoms with E-state index in [0.717, 1.165) is 25.1 Å². The number of carbonyl (C=O) groups is 1. The molecule has 0 N–H and O–H groups in total. The third-order valence-corrected chi connectivity index (χ3v) is 2.44. The average Bonchev–Trinajstić information content (AvgIpc) is 2.68. The maximum Gasteiger partial charge on any atom is 0.314 e. The molecule has 0 saturated heterocycles. The van der Waals surface area contributed by atoms with E-state index in [9.17, 15) is 4.79 Å². The van der Waals surface area contributed by atoms with Gasteiger partial charge in [-0.3, -0.25) is 9.48 Å². The van der Waals surface area contributed by atoms with Crippen LogP contribution < -0.4 is 0 Å². The summed E-state index contributed by atoms with van der Waals surface area (Å²) >= 11 is 0. The topological polar surface area (TPSA) is 44.1 Å². The summed E-state index contributed by atoms with van der Waals surface area (Å²) in [5.74, 6) is -0.376. The highest BCUT2D eigenvalue weighted by Gasteiger charge is 2.22. The van der Waals surface area contributed by atoms with E-state index in [0.29, 0.717) is 0 Å². The molecule has 1 rings (SSSR count). The Hall–Kier alpha value is -1.32. The van der Waals surface area contributed by atoms with Crippen molar-refractivity contribution >= 4 is 5.97 Å². The molecule has 0 aliphatic rings. The van der Waals surface area contributed by atoms with E-state index in [1.54, 1.807) is 6.20 Å². The highest BCUT2D eigenvalue weighted by Crippen LogP contribution is 2.20. The number of hydrogen-bond donors (Lipinski definition) is 0. The van der Waals surface area contributed by atoms with Crippen LogP contribution in [0.1, 0.15) is 38.3 Å². The number of aryl methyl sites for hydroxylation is 1. The largest absolute Gasteiger partial charge is 0.469 e. The quantitative estimate of drug-likeness (QED) is 0.698. The molecular formula is C11H18N2O2. The summed E-state index contributed by atoms with van der Waals surface area (Å²) in [5, 5.41) is 4.20. The molecule has 0 aliphatic heterocycles. The molecule has 1 unspecified atom stereocenters. The van der Waals surface area contributed by atoms with Gasteiger partial charge in [0, 0.05) is 12.7 Å². The number of hydrogen-bond acceptors (Lipinski definition) is 3. The second-order valence-electron chi connectivity index (χ2n) is 3.46. The Labute approximate surface area is 90.2 Å². The fraction of sp³-hybridized carbons (Fsp3) is 0.636. The molecule has 1 atom stereocenters. The smallest absolute Gasteiger partial charge is 0.314 e. The normalized spacial score (nSPS) is 12.5. The highest BCUT2D eigenvalue weighted by atomic mass is 16.5. The Morgan fingerprint density at radius 3 is 2.87 bits per heavy atom. The molecule has 0 amide bonds. The minimum atomic E-state index is -0.191. The predicted octanol–water partition coefficient (Wildman–Crippen LogP) is 1.96. The van der Waals surface area contributed by atoms with Crippen molar-refractivity contribution in [2.75, 3.05) is 7.11 Å². The lowest BCUT2D eigenvalue weighted by atomic mass is 10.0. The van der Waals surface area contributed by atoms with Crippen LogP contribution in [-0.2, 0) is 16.1 Å². The molecule has 84 valence electrons. The average molecular weight is 210 g/mol. The van der Waals surface area contributed by atoms with Crippen LogP contribution in [0.25, 0.3) is 0 Å². The third kappa shape index (κ3) is 2.58. The van der Waals surface area contributed by atoms with Crippen molar-refractivity contribution in [1.29, 1.82) is 0 Å². The lowest BCUT2D eigenvalue weighted by molar-refractivity contribution is -0.142. The van der Waals surface area contributed by atoms with Crippen molar-refractivity contribution in [3.63, 3.8) is 0 Å². The van der Waals surface area contributed by atoms with Gasteiger partial charge in [-0.05, 0) is 18.9 Å². The van der Waals surface area contributed by atoms with Crippen molar-refractivity contribution in [3.05, 3.63) is 18.0 Å². The fourth-order valence-electron chi connectivity index (χ4n) is 1.68. The van der Waals surface area contributed by atoms with Crippen molar-refractivity contribution < 1.29 is 9.53 Å². The van der Waals surface area contributed by atoms with Crippen molar-refractivity contribution in [2.24, 2.45) is 0 Å². The standard InChI is InChI=1S/C11H18N2O2/c1-4-8-13-10(6-7-12-13)9(5-2)11(14)15-3/h6-7,9H,4-5,8H2,1-3H3. The second kappa shape index (κ2) is 5.53. The summed E-state index contributed by atoms with van der Waals surface area (Å²) in [4.78, 5) is 11.5. The molecule has 0 radical (unpaired) electrons. The second-order valence-corrected chi connectivity index (χ2v) is 3.46. The first-order valence-electron chi connectivity index (χ1n) is 5.34. The molecule has 0 fully saturated rings. The van der Waals surface area contributed by atoms with Gasteiger partial charge in [-0.25, -0.2) is 0 Å². The Bertz CT molecular complexity index is 320. The van der Waals surface area contributed by atoms with E-state index < -0.39 is 0 Å². The van der Waals surface area contributed by atoms with E-state index in [1.165, 1.54) is 7.11 Å². The van der Waals surface area contributed by atoms with Gasteiger partial charge in [-0.1, -0.05) is 13.8 Å². The first-order chi connectivity index (χ1) is 7.24. The summed E-state index contributed by atoms with van der Waals surface area (Å²) in [5.41, 5.74) is 0.950. The van der Waals surface area contributed by atoms with Gasteiger partial charge in [0.25, 0.3) is 0 Å². The molecule has 1 aromatic heterocycles. The van der Waals surface area contributed by atoms with Crippen LogP contribution in [0.4, 0.5) is 0 Å². The zero-order valence-electron chi connectivity index (χ0n) is 9.56. The van der Waals surface area contributed by atoms with Crippen LogP contribution in [-0.4, -0.2) is 22.9 Å². The number of aromatic nitrogens is 2. The minimum Gasteiger partial charge on any atom is -0.469 e. The molecule has 0 aromatic carbocycles. The van der Waals surface area contributed by atoms with Crippen LogP contribution in [0.3, 0.4) is 0 Å². The van der Waals surface area contributed by atoms with Crippen LogP contribution in [0, 0.1) is 0 Å². The number of carbonyl (C=O) groups excluding carboxylic acids is 1. The zero-order chi connectivity index (χ0) is 11.3. The summed E-state index contributed by atoms with van der Waals surface area (Å²) in [6, 6.07) is 1.89. The molecule has 1 aromatic rings. The molecule has 0 saturated carbocycles. The van der Waals surface area contributed by atoms with Crippen LogP contribution >= 0.6 is 0 Å². The van der Waals surface area contributed by atoms with E-state index in [-0.39, 0.29) is 11.9 Å². The number of rotatable bonds is 5. The predicted molar refractivity (Wildman–Crippen MR) is 57.6 cm³/mol. The fourth-order valence-corrected chi connectivity index (χ4v) is 1.68. The molecule has 0 spiro atoms. The Kier molecular flexibility index (Phi) is 4.34. The molecule has 4 heteroatoms. The van der Waals surface area contributed by atoms with Crippen LogP contribution in [0.5, 0.6) is 0 Å².